The number of nitriles is 1. The third-order valence-corrected chi connectivity index (χ3v) is 4.40. The minimum absolute atomic E-state index is 0.0605. The second-order valence-corrected chi connectivity index (χ2v) is 5.76. The standard InChI is InChI=1S/C15H11ClF3N3O2/c1-7-9(3-2-8(6-20)11(7)16)21-14-22-5-4-10(23)12(22)13(24-14)15(17,18)19/h2-4,12-13,23H,5H2,1H3/b21-14-/t12-,13+/m1/s1. The van der Waals surface area contributed by atoms with Gasteiger partial charge < -0.3 is 14.7 Å². The number of benzene rings is 1. The molecule has 0 bridgehead atoms. The average Bonchev–Trinajstić information content (AvgIpc) is 3.06. The number of hydrogen-bond donors (Lipinski definition) is 1. The van der Waals surface area contributed by atoms with Crippen LogP contribution in [0, 0.1) is 18.3 Å². The molecule has 0 spiro atoms. The lowest BCUT2D eigenvalue weighted by atomic mass is 10.1. The number of aliphatic imine (C=N–C) groups is 1. The van der Waals surface area contributed by atoms with Gasteiger partial charge in [0.15, 0.2) is 0 Å². The van der Waals surface area contributed by atoms with Crippen molar-refractivity contribution in [2.24, 2.45) is 4.99 Å². The van der Waals surface area contributed by atoms with E-state index in [1.165, 1.54) is 23.1 Å². The maximum absolute atomic E-state index is 13.1. The van der Waals surface area contributed by atoms with E-state index in [0.717, 1.165) is 0 Å². The van der Waals surface area contributed by atoms with Crippen LogP contribution in [-0.4, -0.2) is 40.9 Å². The Morgan fingerprint density at radius 1 is 1.46 bits per heavy atom. The molecule has 24 heavy (non-hydrogen) atoms. The second-order valence-electron chi connectivity index (χ2n) is 5.38. The topological polar surface area (TPSA) is 68.8 Å². The summed E-state index contributed by atoms with van der Waals surface area (Å²) < 4.78 is 44.3. The fraction of sp³-hybridized carbons (Fsp3) is 0.333. The van der Waals surface area contributed by atoms with E-state index >= 15 is 0 Å². The summed E-state index contributed by atoms with van der Waals surface area (Å²) in [7, 11) is 0. The Labute approximate surface area is 140 Å². The Balaban J connectivity index is 2.01. The fourth-order valence-electron chi connectivity index (χ4n) is 2.67. The van der Waals surface area contributed by atoms with Gasteiger partial charge in [0.1, 0.15) is 17.9 Å². The van der Waals surface area contributed by atoms with Crippen molar-refractivity contribution in [2.75, 3.05) is 6.54 Å². The summed E-state index contributed by atoms with van der Waals surface area (Å²) in [4.78, 5) is 5.35. The van der Waals surface area contributed by atoms with Gasteiger partial charge in [-0.05, 0) is 30.7 Å². The number of fused-ring (bicyclic) bond motifs is 1. The Morgan fingerprint density at radius 3 is 2.79 bits per heavy atom. The first kappa shape index (κ1) is 16.5. The maximum atomic E-state index is 13.1. The third-order valence-electron chi connectivity index (χ3n) is 3.92. The smallest absolute Gasteiger partial charge is 0.428 e. The molecule has 0 amide bonds. The zero-order valence-corrected chi connectivity index (χ0v) is 13.1. The van der Waals surface area contributed by atoms with Crippen LogP contribution in [0.15, 0.2) is 29.0 Å². The number of alkyl halides is 3. The summed E-state index contributed by atoms with van der Waals surface area (Å²) in [6.07, 6.45) is -5.55. The zero-order valence-electron chi connectivity index (χ0n) is 12.3. The number of halogens is 4. The average molecular weight is 358 g/mol. The van der Waals surface area contributed by atoms with Crippen molar-refractivity contribution in [3.8, 4) is 6.07 Å². The first-order valence-electron chi connectivity index (χ1n) is 6.91. The van der Waals surface area contributed by atoms with Crippen LogP contribution < -0.4 is 0 Å². The van der Waals surface area contributed by atoms with Crippen molar-refractivity contribution in [1.82, 2.24) is 4.90 Å². The first-order chi connectivity index (χ1) is 11.2. The van der Waals surface area contributed by atoms with Gasteiger partial charge in [0, 0.05) is 6.54 Å². The van der Waals surface area contributed by atoms with Crippen LogP contribution in [0.5, 0.6) is 0 Å². The number of amidine groups is 1. The maximum Gasteiger partial charge on any atom is 0.428 e. The number of aliphatic hydroxyl groups is 1. The molecule has 2 aliphatic heterocycles. The van der Waals surface area contributed by atoms with Gasteiger partial charge in [-0.3, -0.25) is 0 Å². The molecule has 9 heteroatoms. The minimum Gasteiger partial charge on any atom is -0.510 e. The van der Waals surface area contributed by atoms with Gasteiger partial charge >= 0.3 is 6.18 Å². The molecule has 0 aromatic heterocycles. The molecule has 2 heterocycles. The number of aliphatic hydroxyl groups excluding tert-OH is 1. The van der Waals surface area contributed by atoms with E-state index in [4.69, 9.17) is 21.6 Å². The van der Waals surface area contributed by atoms with Crippen molar-refractivity contribution < 1.29 is 23.0 Å². The summed E-state index contributed by atoms with van der Waals surface area (Å²) in [5.74, 6) is -0.392. The molecule has 2 aliphatic rings. The molecule has 2 atom stereocenters. The molecule has 1 N–H and O–H groups in total. The molecule has 0 unspecified atom stereocenters. The summed E-state index contributed by atoms with van der Waals surface area (Å²) in [6, 6.07) is 3.25. The molecular formula is C15H11ClF3N3O2. The second kappa shape index (κ2) is 5.60. The van der Waals surface area contributed by atoms with E-state index in [9.17, 15) is 18.3 Å². The van der Waals surface area contributed by atoms with Crippen LogP contribution in [0.2, 0.25) is 5.02 Å². The highest BCUT2D eigenvalue weighted by atomic mass is 35.5. The summed E-state index contributed by atoms with van der Waals surface area (Å²) in [6.45, 7) is 1.67. The lowest BCUT2D eigenvalue weighted by Gasteiger charge is -2.19. The molecule has 1 saturated heterocycles. The number of ether oxygens (including phenoxy) is 1. The van der Waals surface area contributed by atoms with E-state index in [2.05, 4.69) is 4.99 Å². The van der Waals surface area contributed by atoms with Gasteiger partial charge in [0.05, 0.1) is 16.3 Å². The molecule has 0 radical (unpaired) electrons. The van der Waals surface area contributed by atoms with E-state index in [0.29, 0.717) is 11.3 Å². The highest BCUT2D eigenvalue weighted by Crippen LogP contribution is 2.39. The molecular weight excluding hydrogens is 347 g/mol. The number of hydrogen-bond acceptors (Lipinski definition) is 4. The van der Waals surface area contributed by atoms with Crippen LogP contribution >= 0.6 is 11.6 Å². The summed E-state index contributed by atoms with van der Waals surface area (Å²) in [5, 5.41) is 18.8. The van der Waals surface area contributed by atoms with Gasteiger partial charge in [0.2, 0.25) is 6.10 Å². The summed E-state index contributed by atoms with van der Waals surface area (Å²) >= 11 is 6.04. The van der Waals surface area contributed by atoms with Crippen molar-refractivity contribution in [3.05, 3.63) is 40.1 Å². The normalized spacial score (nSPS) is 24.6. The van der Waals surface area contributed by atoms with Crippen molar-refractivity contribution in [1.29, 1.82) is 5.26 Å². The van der Waals surface area contributed by atoms with Crippen LogP contribution in [0.4, 0.5) is 18.9 Å². The van der Waals surface area contributed by atoms with E-state index in [1.54, 1.807) is 6.92 Å². The molecule has 1 aromatic rings. The SMILES string of the molecule is Cc1c(/N=C2\O[C@H](C(F)(F)F)[C@H]3C(O)=CCN23)ccc(C#N)c1Cl. The lowest BCUT2D eigenvalue weighted by Crippen LogP contribution is -2.41. The van der Waals surface area contributed by atoms with Gasteiger partial charge in [-0.15, -0.1) is 0 Å². The molecule has 0 saturated carbocycles. The predicted molar refractivity (Wildman–Crippen MR) is 80.1 cm³/mol. The Hall–Kier alpha value is -2.40. The predicted octanol–water partition coefficient (Wildman–Crippen LogP) is 3.59. The van der Waals surface area contributed by atoms with E-state index in [1.807, 2.05) is 6.07 Å². The van der Waals surface area contributed by atoms with Crippen LogP contribution in [0.1, 0.15) is 11.1 Å². The van der Waals surface area contributed by atoms with Gasteiger partial charge in [-0.2, -0.15) is 23.4 Å². The van der Waals surface area contributed by atoms with Crippen LogP contribution in [0.3, 0.4) is 0 Å². The fourth-order valence-corrected chi connectivity index (χ4v) is 2.87. The van der Waals surface area contributed by atoms with E-state index in [-0.39, 0.29) is 23.2 Å². The van der Waals surface area contributed by atoms with Crippen molar-refractivity contribution >= 4 is 23.3 Å². The number of nitrogens with zero attached hydrogens (tertiary/aromatic N) is 3. The molecule has 0 aliphatic carbocycles. The highest BCUT2D eigenvalue weighted by Gasteiger charge is 2.58. The van der Waals surface area contributed by atoms with Gasteiger partial charge in [-0.25, -0.2) is 0 Å². The molecule has 1 aromatic carbocycles. The van der Waals surface area contributed by atoms with Gasteiger partial charge in [-0.1, -0.05) is 11.6 Å². The Bertz CT molecular complexity index is 798. The Morgan fingerprint density at radius 2 is 2.17 bits per heavy atom. The third kappa shape index (κ3) is 2.55. The van der Waals surface area contributed by atoms with Crippen molar-refractivity contribution in [2.45, 2.75) is 25.2 Å². The monoisotopic (exact) mass is 357 g/mol. The lowest BCUT2D eigenvalue weighted by molar-refractivity contribution is -0.197. The summed E-state index contributed by atoms with van der Waals surface area (Å²) in [5.41, 5.74) is 0.995. The largest absolute Gasteiger partial charge is 0.510 e. The van der Waals surface area contributed by atoms with E-state index < -0.39 is 24.1 Å². The molecule has 1 fully saturated rings. The van der Waals surface area contributed by atoms with Gasteiger partial charge in [0.25, 0.3) is 6.02 Å². The molecule has 5 nitrogen and oxygen atoms in total. The molecule has 3 rings (SSSR count). The number of rotatable bonds is 1. The minimum atomic E-state index is -4.65. The first-order valence-corrected chi connectivity index (χ1v) is 7.28. The Kier molecular flexibility index (Phi) is 3.84. The highest BCUT2D eigenvalue weighted by molar-refractivity contribution is 6.32. The van der Waals surface area contributed by atoms with Crippen LogP contribution in [-0.2, 0) is 4.74 Å². The molecule has 126 valence electrons. The van der Waals surface area contributed by atoms with Crippen LogP contribution in [0.25, 0.3) is 0 Å². The van der Waals surface area contributed by atoms with Crippen molar-refractivity contribution in [3.63, 3.8) is 0 Å². The zero-order chi connectivity index (χ0) is 17.6. The quantitative estimate of drug-likeness (QED) is 0.834.